The fourth-order valence-electron chi connectivity index (χ4n) is 2.64. The van der Waals surface area contributed by atoms with Gasteiger partial charge in [0.1, 0.15) is 17.0 Å². The van der Waals surface area contributed by atoms with E-state index in [1.165, 1.54) is 0 Å². The first-order valence-corrected chi connectivity index (χ1v) is 7.62. The first kappa shape index (κ1) is 13.3. The number of nitrogens with zero attached hydrogens (tertiary/aromatic N) is 3. The second-order valence-corrected chi connectivity index (χ2v) is 6.18. The number of fused-ring (bicyclic) bond motifs is 1. The molecule has 0 amide bonds. The summed E-state index contributed by atoms with van der Waals surface area (Å²) in [4.78, 5) is 23.9. The lowest BCUT2D eigenvalue weighted by Crippen LogP contribution is -2.33. The second kappa shape index (κ2) is 5.01. The molecule has 0 aromatic carbocycles. The van der Waals surface area contributed by atoms with E-state index in [-0.39, 0.29) is 5.97 Å². The van der Waals surface area contributed by atoms with E-state index in [2.05, 4.69) is 14.9 Å². The summed E-state index contributed by atoms with van der Waals surface area (Å²) in [5.74, 6) is 0.808. The van der Waals surface area contributed by atoms with Crippen LogP contribution in [0.3, 0.4) is 0 Å². The number of aromatic nitrogens is 2. The molecule has 20 heavy (non-hydrogen) atoms. The molecule has 1 atom stereocenters. The van der Waals surface area contributed by atoms with Crippen molar-refractivity contribution in [2.45, 2.75) is 20.3 Å². The van der Waals surface area contributed by atoms with Gasteiger partial charge in [0.05, 0.1) is 17.4 Å². The maximum atomic E-state index is 12.1. The third-order valence-corrected chi connectivity index (χ3v) is 4.60. The molecule has 0 spiro atoms. The topological polar surface area (TPSA) is 55.3 Å². The molecule has 1 saturated heterocycles. The Hall–Kier alpha value is -1.69. The maximum Gasteiger partial charge on any atom is 0.313 e. The maximum absolute atomic E-state index is 12.1. The lowest BCUT2D eigenvalue weighted by molar-refractivity contribution is -0.153. The minimum atomic E-state index is -0.441. The minimum absolute atomic E-state index is 0.113. The van der Waals surface area contributed by atoms with Crippen LogP contribution in [-0.2, 0) is 9.53 Å². The smallest absolute Gasteiger partial charge is 0.313 e. The molecular weight excluding hydrogens is 274 g/mol. The van der Waals surface area contributed by atoms with Crippen LogP contribution < -0.4 is 4.90 Å². The van der Waals surface area contributed by atoms with Crippen molar-refractivity contribution in [3.63, 3.8) is 0 Å². The van der Waals surface area contributed by atoms with E-state index >= 15 is 0 Å². The highest BCUT2D eigenvalue weighted by atomic mass is 32.1. The average molecular weight is 291 g/mol. The molecule has 6 heteroatoms. The molecule has 2 aromatic heterocycles. The van der Waals surface area contributed by atoms with Crippen molar-refractivity contribution >= 4 is 33.3 Å². The van der Waals surface area contributed by atoms with Gasteiger partial charge in [-0.15, -0.1) is 11.3 Å². The molecule has 0 bridgehead atoms. The van der Waals surface area contributed by atoms with Crippen LogP contribution in [0.2, 0.25) is 0 Å². The summed E-state index contributed by atoms with van der Waals surface area (Å²) < 4.78 is 5.19. The van der Waals surface area contributed by atoms with Gasteiger partial charge in [0.2, 0.25) is 0 Å². The summed E-state index contributed by atoms with van der Waals surface area (Å²) in [6.45, 7) is 5.70. The Morgan fingerprint density at radius 1 is 1.55 bits per heavy atom. The third kappa shape index (κ3) is 2.14. The summed E-state index contributed by atoms with van der Waals surface area (Å²) in [6.07, 6.45) is 2.38. The van der Waals surface area contributed by atoms with E-state index in [0.717, 1.165) is 29.0 Å². The molecule has 0 radical (unpaired) electrons. The van der Waals surface area contributed by atoms with E-state index in [9.17, 15) is 4.79 Å². The number of anilines is 1. The number of rotatable bonds is 3. The third-order valence-electron chi connectivity index (χ3n) is 3.78. The first-order valence-electron chi connectivity index (χ1n) is 6.74. The summed E-state index contributed by atoms with van der Waals surface area (Å²) >= 11 is 1.61. The zero-order valence-corrected chi connectivity index (χ0v) is 12.4. The van der Waals surface area contributed by atoms with Gasteiger partial charge >= 0.3 is 5.97 Å². The molecule has 2 aromatic rings. The van der Waals surface area contributed by atoms with E-state index in [1.54, 1.807) is 17.7 Å². The number of ether oxygens (including phenoxy) is 1. The lowest BCUT2D eigenvalue weighted by atomic mass is 9.90. The van der Waals surface area contributed by atoms with Crippen LogP contribution >= 0.6 is 11.3 Å². The zero-order chi connectivity index (χ0) is 14.2. The fourth-order valence-corrected chi connectivity index (χ4v) is 3.37. The van der Waals surface area contributed by atoms with E-state index < -0.39 is 5.41 Å². The van der Waals surface area contributed by atoms with Gasteiger partial charge in [-0.05, 0) is 31.7 Å². The predicted molar refractivity (Wildman–Crippen MR) is 79.0 cm³/mol. The van der Waals surface area contributed by atoms with Crippen molar-refractivity contribution in [1.29, 1.82) is 0 Å². The first-order chi connectivity index (χ1) is 9.64. The van der Waals surface area contributed by atoms with Gasteiger partial charge in [-0.2, -0.15) is 0 Å². The summed E-state index contributed by atoms with van der Waals surface area (Å²) in [5.41, 5.74) is -0.441. The Bertz CT molecular complexity index is 642. The van der Waals surface area contributed by atoms with E-state index in [4.69, 9.17) is 4.74 Å². The zero-order valence-electron chi connectivity index (χ0n) is 11.6. The number of carbonyl (C=O) groups excluding carboxylic acids is 1. The minimum Gasteiger partial charge on any atom is -0.466 e. The molecular formula is C14H17N3O2S. The highest BCUT2D eigenvalue weighted by Gasteiger charge is 2.42. The summed E-state index contributed by atoms with van der Waals surface area (Å²) in [6, 6.07) is 2.04. The van der Waals surface area contributed by atoms with Crippen LogP contribution in [0, 0.1) is 5.41 Å². The van der Waals surface area contributed by atoms with Gasteiger partial charge in [-0.25, -0.2) is 9.97 Å². The molecule has 1 fully saturated rings. The van der Waals surface area contributed by atoms with Crippen molar-refractivity contribution < 1.29 is 9.53 Å². The van der Waals surface area contributed by atoms with Crippen LogP contribution in [-0.4, -0.2) is 35.6 Å². The van der Waals surface area contributed by atoms with Gasteiger partial charge in [-0.1, -0.05) is 0 Å². The van der Waals surface area contributed by atoms with Gasteiger partial charge in [0, 0.05) is 13.1 Å². The van der Waals surface area contributed by atoms with E-state index in [1.807, 2.05) is 25.3 Å². The second-order valence-electron chi connectivity index (χ2n) is 5.29. The number of thiophene rings is 1. The quantitative estimate of drug-likeness (QED) is 0.813. The van der Waals surface area contributed by atoms with Crippen LogP contribution in [0.4, 0.5) is 5.82 Å². The average Bonchev–Trinajstić information content (AvgIpc) is 3.05. The van der Waals surface area contributed by atoms with E-state index in [0.29, 0.717) is 13.2 Å². The molecule has 1 aliphatic heterocycles. The fraction of sp³-hybridized carbons (Fsp3) is 0.500. The Morgan fingerprint density at radius 3 is 3.20 bits per heavy atom. The van der Waals surface area contributed by atoms with Gasteiger partial charge in [0.25, 0.3) is 0 Å². The number of hydrogen-bond acceptors (Lipinski definition) is 6. The molecule has 1 aliphatic rings. The van der Waals surface area contributed by atoms with Crippen molar-refractivity contribution in [3.8, 4) is 0 Å². The molecule has 0 saturated carbocycles. The van der Waals surface area contributed by atoms with Gasteiger partial charge in [0.15, 0.2) is 0 Å². The Labute approximate surface area is 121 Å². The number of carbonyl (C=O) groups is 1. The van der Waals surface area contributed by atoms with Gasteiger partial charge in [-0.3, -0.25) is 4.79 Å². The number of esters is 1. The monoisotopic (exact) mass is 291 g/mol. The van der Waals surface area contributed by atoms with Crippen LogP contribution in [0.15, 0.2) is 17.8 Å². The Balaban J connectivity index is 1.87. The predicted octanol–water partition coefficient (Wildman–Crippen LogP) is 2.47. The molecule has 5 nitrogen and oxygen atoms in total. The molecule has 3 heterocycles. The van der Waals surface area contributed by atoms with Crippen molar-refractivity contribution in [2.24, 2.45) is 5.41 Å². The van der Waals surface area contributed by atoms with Crippen LogP contribution in [0.25, 0.3) is 10.2 Å². The van der Waals surface area contributed by atoms with Crippen molar-refractivity contribution in [1.82, 2.24) is 9.97 Å². The Morgan fingerprint density at radius 2 is 2.40 bits per heavy atom. The molecule has 106 valence electrons. The highest BCUT2D eigenvalue weighted by Crippen LogP contribution is 2.36. The lowest BCUT2D eigenvalue weighted by Gasteiger charge is -2.23. The van der Waals surface area contributed by atoms with Gasteiger partial charge < -0.3 is 9.64 Å². The standard InChI is InChI=1S/C14H17N3O2S/c1-3-19-13(18)14(2)5-6-17(8-14)11-10-4-7-20-12(10)16-9-15-11/h4,7,9H,3,5-6,8H2,1-2H3. The van der Waals surface area contributed by atoms with Crippen LogP contribution in [0.5, 0.6) is 0 Å². The molecule has 1 unspecified atom stereocenters. The molecule has 3 rings (SSSR count). The summed E-state index contributed by atoms with van der Waals surface area (Å²) in [7, 11) is 0. The normalized spacial score (nSPS) is 22.4. The molecule has 0 N–H and O–H groups in total. The SMILES string of the molecule is CCOC(=O)C1(C)CCN(c2ncnc3sccc23)C1. The summed E-state index contributed by atoms with van der Waals surface area (Å²) in [5, 5.41) is 3.08. The largest absolute Gasteiger partial charge is 0.466 e. The molecule has 0 aliphatic carbocycles. The number of hydrogen-bond donors (Lipinski definition) is 0. The Kier molecular flexibility index (Phi) is 3.33. The highest BCUT2D eigenvalue weighted by molar-refractivity contribution is 7.16. The van der Waals surface area contributed by atoms with Crippen molar-refractivity contribution in [2.75, 3.05) is 24.6 Å². The van der Waals surface area contributed by atoms with Crippen molar-refractivity contribution in [3.05, 3.63) is 17.8 Å². The van der Waals surface area contributed by atoms with Crippen LogP contribution in [0.1, 0.15) is 20.3 Å².